The van der Waals surface area contributed by atoms with Crippen molar-refractivity contribution in [1.29, 1.82) is 0 Å². The number of benzene rings is 4. The third kappa shape index (κ3) is 7.38. The average molecular weight is 618 g/mol. The zero-order valence-corrected chi connectivity index (χ0v) is 25.4. The molecule has 5 aromatic rings. The van der Waals surface area contributed by atoms with Gasteiger partial charge >= 0.3 is 5.97 Å². The molecule has 2 atom stereocenters. The minimum Gasteiger partial charge on any atom is -0.481 e. The van der Waals surface area contributed by atoms with Gasteiger partial charge in [-0.25, -0.2) is 0 Å². The third-order valence-corrected chi connectivity index (χ3v) is 8.19. The molecular weight excluding hydrogens is 582 g/mol. The van der Waals surface area contributed by atoms with Crippen LogP contribution in [0.1, 0.15) is 46.4 Å². The number of amides is 2. The van der Waals surface area contributed by atoms with Crippen LogP contribution < -0.4 is 11.1 Å². The highest BCUT2D eigenvalue weighted by Gasteiger charge is 2.36. The van der Waals surface area contributed by atoms with Crippen molar-refractivity contribution in [2.45, 2.75) is 45.2 Å². The number of carbonyl (C=O) groups is 5. The second-order valence-electron chi connectivity index (χ2n) is 11.5. The number of carbonyl (C=O) groups excluding carboxylic acids is 4. The second-order valence-corrected chi connectivity index (χ2v) is 11.5. The molecular formula is C37H35N3O6. The van der Waals surface area contributed by atoms with E-state index in [1.165, 1.54) is 0 Å². The molecule has 0 saturated heterocycles. The van der Waals surface area contributed by atoms with Gasteiger partial charge in [0.15, 0.2) is 5.78 Å². The third-order valence-electron chi connectivity index (χ3n) is 8.19. The Kier molecular flexibility index (Phi) is 9.71. The summed E-state index contributed by atoms with van der Waals surface area (Å²) in [5, 5.41) is 14.7. The summed E-state index contributed by atoms with van der Waals surface area (Å²) in [5.41, 5.74) is 9.22. The van der Waals surface area contributed by atoms with E-state index in [4.69, 9.17) is 5.73 Å². The number of Topliss-reactive ketones (excluding diaryl/α,β-unsaturated/α-hetero) is 2. The number of hydrogen-bond donors (Lipinski definition) is 3. The topological polar surface area (TPSA) is 149 Å². The van der Waals surface area contributed by atoms with Crippen LogP contribution in [0.3, 0.4) is 0 Å². The van der Waals surface area contributed by atoms with Crippen molar-refractivity contribution in [2.75, 3.05) is 0 Å². The quantitative estimate of drug-likeness (QED) is 0.118. The first kappa shape index (κ1) is 31.8. The van der Waals surface area contributed by atoms with E-state index >= 15 is 0 Å². The number of para-hydroxylation sites is 1. The van der Waals surface area contributed by atoms with Crippen LogP contribution in [-0.2, 0) is 32.1 Å². The number of carboxylic acid groups (broad SMARTS) is 1. The van der Waals surface area contributed by atoms with Gasteiger partial charge < -0.3 is 20.7 Å². The van der Waals surface area contributed by atoms with Crippen molar-refractivity contribution >= 4 is 51.0 Å². The van der Waals surface area contributed by atoms with Gasteiger partial charge in [0.05, 0.1) is 12.0 Å². The molecule has 0 spiro atoms. The SMILES string of the molecule is Cc1ccc(Cn2c(C(=O)N[C@@H](CCCC(=O)O)C(=O)[C@H](Cc3ccc4ccccc4c3)C(=O)C(N)=O)cc3ccccc32)cc1. The summed E-state index contributed by atoms with van der Waals surface area (Å²) in [6.45, 7) is 2.38. The Morgan fingerprint density at radius 3 is 2.15 bits per heavy atom. The summed E-state index contributed by atoms with van der Waals surface area (Å²) in [5.74, 6) is -6.11. The van der Waals surface area contributed by atoms with E-state index in [9.17, 15) is 29.1 Å². The number of aryl methyl sites for hydroxylation is 1. The zero-order chi connectivity index (χ0) is 32.8. The summed E-state index contributed by atoms with van der Waals surface area (Å²) >= 11 is 0. The van der Waals surface area contributed by atoms with E-state index < -0.39 is 41.3 Å². The first-order valence-corrected chi connectivity index (χ1v) is 15.1. The summed E-state index contributed by atoms with van der Waals surface area (Å²) in [6.07, 6.45) is -0.335. The maximum atomic E-state index is 14.1. The van der Waals surface area contributed by atoms with E-state index in [1.54, 1.807) is 12.1 Å². The van der Waals surface area contributed by atoms with Gasteiger partial charge in [0.2, 0.25) is 5.78 Å². The minimum atomic E-state index is -1.47. The number of nitrogens with zero attached hydrogens (tertiary/aromatic N) is 1. The van der Waals surface area contributed by atoms with Gasteiger partial charge in [0, 0.05) is 23.9 Å². The first-order valence-electron chi connectivity index (χ1n) is 15.1. The number of ketones is 2. The van der Waals surface area contributed by atoms with E-state index in [-0.39, 0.29) is 25.7 Å². The Hall–Kier alpha value is -5.57. The molecule has 4 N–H and O–H groups in total. The Balaban J connectivity index is 1.47. The van der Waals surface area contributed by atoms with Gasteiger partial charge in [0.25, 0.3) is 11.8 Å². The van der Waals surface area contributed by atoms with Crippen molar-refractivity contribution in [3.63, 3.8) is 0 Å². The highest BCUT2D eigenvalue weighted by Crippen LogP contribution is 2.24. The molecule has 5 rings (SSSR count). The van der Waals surface area contributed by atoms with E-state index in [0.717, 1.165) is 32.8 Å². The average Bonchev–Trinajstić information content (AvgIpc) is 3.41. The lowest BCUT2D eigenvalue weighted by atomic mass is 9.85. The second kappa shape index (κ2) is 14.0. The molecule has 0 bridgehead atoms. The van der Waals surface area contributed by atoms with Gasteiger partial charge in [-0.3, -0.25) is 24.0 Å². The van der Waals surface area contributed by atoms with Crippen LogP contribution in [0.4, 0.5) is 0 Å². The molecule has 0 aliphatic rings. The number of hydrogen-bond acceptors (Lipinski definition) is 5. The largest absolute Gasteiger partial charge is 0.481 e. The first-order chi connectivity index (χ1) is 22.1. The maximum absolute atomic E-state index is 14.1. The number of nitrogens with two attached hydrogens (primary N) is 1. The molecule has 1 aromatic heterocycles. The molecule has 9 heteroatoms. The Bertz CT molecular complexity index is 1940. The Labute approximate surface area is 266 Å². The molecule has 9 nitrogen and oxygen atoms in total. The van der Waals surface area contributed by atoms with E-state index in [0.29, 0.717) is 17.8 Å². The van der Waals surface area contributed by atoms with Crippen LogP contribution in [0.15, 0.2) is 97.1 Å². The van der Waals surface area contributed by atoms with Crippen LogP contribution in [0.25, 0.3) is 21.7 Å². The molecule has 0 aliphatic carbocycles. The fraction of sp³-hybridized carbons (Fsp3) is 0.216. The number of nitrogens with one attached hydrogen (secondary N) is 1. The number of aromatic nitrogens is 1. The minimum absolute atomic E-state index is 0.0463. The normalized spacial score (nSPS) is 12.5. The number of primary amides is 1. The number of carboxylic acids is 1. The predicted molar refractivity (Wildman–Crippen MR) is 175 cm³/mol. The van der Waals surface area contributed by atoms with Crippen molar-refractivity contribution in [3.8, 4) is 0 Å². The van der Waals surface area contributed by atoms with Gasteiger partial charge in [0.1, 0.15) is 5.69 Å². The van der Waals surface area contributed by atoms with Crippen LogP contribution >= 0.6 is 0 Å². The van der Waals surface area contributed by atoms with Gasteiger partial charge in [-0.15, -0.1) is 0 Å². The van der Waals surface area contributed by atoms with E-state index in [2.05, 4.69) is 5.32 Å². The smallest absolute Gasteiger partial charge is 0.303 e. The molecule has 0 fully saturated rings. The van der Waals surface area contributed by atoms with Crippen molar-refractivity contribution in [3.05, 3.63) is 119 Å². The summed E-state index contributed by atoms with van der Waals surface area (Å²) in [7, 11) is 0. The highest BCUT2D eigenvalue weighted by molar-refractivity contribution is 6.40. The Morgan fingerprint density at radius 2 is 1.46 bits per heavy atom. The number of aliphatic carboxylic acids is 1. The summed E-state index contributed by atoms with van der Waals surface area (Å²) in [4.78, 5) is 64.5. The van der Waals surface area contributed by atoms with Crippen molar-refractivity contribution in [1.82, 2.24) is 9.88 Å². The van der Waals surface area contributed by atoms with Crippen LogP contribution in [0.5, 0.6) is 0 Å². The van der Waals surface area contributed by atoms with Gasteiger partial charge in [-0.1, -0.05) is 90.5 Å². The standard InChI is InChI=1S/C37H35N3O6/c1-23-13-15-24(16-14-23)22-40-31-11-5-4-9-28(31)21-32(40)37(46)39-30(10-6-12-33(41)42)34(43)29(35(44)36(38)45)20-25-17-18-26-7-2-3-8-27(26)19-25/h2-5,7-9,11,13-19,21,29-30H,6,10,12,20,22H2,1H3,(H2,38,45)(H,39,46)(H,41,42)/t29-,30-/m0/s1. The van der Waals surface area contributed by atoms with Crippen LogP contribution in [0, 0.1) is 12.8 Å². The fourth-order valence-corrected chi connectivity index (χ4v) is 5.76. The lowest BCUT2D eigenvalue weighted by molar-refractivity contribution is -0.143. The van der Waals surface area contributed by atoms with Crippen molar-refractivity contribution in [2.24, 2.45) is 11.7 Å². The lowest BCUT2D eigenvalue weighted by Crippen LogP contribution is -2.48. The highest BCUT2D eigenvalue weighted by atomic mass is 16.4. The number of fused-ring (bicyclic) bond motifs is 2. The van der Waals surface area contributed by atoms with Crippen LogP contribution in [-0.4, -0.2) is 45.1 Å². The molecule has 1 heterocycles. The van der Waals surface area contributed by atoms with E-state index in [1.807, 2.05) is 96.4 Å². The monoisotopic (exact) mass is 617 g/mol. The lowest BCUT2D eigenvalue weighted by Gasteiger charge is -2.23. The summed E-state index contributed by atoms with van der Waals surface area (Å²) < 4.78 is 1.86. The number of rotatable bonds is 14. The Morgan fingerprint density at radius 1 is 0.804 bits per heavy atom. The van der Waals surface area contributed by atoms with Crippen molar-refractivity contribution < 1.29 is 29.1 Å². The van der Waals surface area contributed by atoms with Crippen LogP contribution in [0.2, 0.25) is 0 Å². The molecule has 4 aromatic carbocycles. The maximum Gasteiger partial charge on any atom is 0.303 e. The molecule has 0 unspecified atom stereocenters. The zero-order valence-electron chi connectivity index (χ0n) is 25.4. The molecule has 2 amide bonds. The molecule has 46 heavy (non-hydrogen) atoms. The fourth-order valence-electron chi connectivity index (χ4n) is 5.76. The molecule has 234 valence electrons. The van der Waals surface area contributed by atoms with Gasteiger partial charge in [-0.05, 0) is 60.2 Å². The molecule has 0 aliphatic heterocycles. The predicted octanol–water partition coefficient (Wildman–Crippen LogP) is 4.99. The van der Waals surface area contributed by atoms with Gasteiger partial charge in [-0.2, -0.15) is 0 Å². The molecule has 0 saturated carbocycles. The molecule has 0 radical (unpaired) electrons. The summed E-state index contributed by atoms with van der Waals surface area (Å²) in [6, 6.07) is 29.0.